The highest BCUT2D eigenvalue weighted by molar-refractivity contribution is 5.77. The lowest BCUT2D eigenvalue weighted by Crippen LogP contribution is -2.39. The van der Waals surface area contributed by atoms with Gasteiger partial charge in [0.25, 0.3) is 0 Å². The van der Waals surface area contributed by atoms with E-state index in [1.807, 2.05) is 4.90 Å². The smallest absolute Gasteiger partial charge is 0.371 e. The molecule has 7 heteroatoms. The van der Waals surface area contributed by atoms with Crippen LogP contribution in [0.4, 0.5) is 18.9 Å². The summed E-state index contributed by atoms with van der Waals surface area (Å²) in [5, 5.41) is 0. The fourth-order valence-electron chi connectivity index (χ4n) is 2.64. The third-order valence-corrected chi connectivity index (χ3v) is 3.86. The third kappa shape index (κ3) is 3.47. The highest BCUT2D eigenvalue weighted by Crippen LogP contribution is 2.34. The van der Waals surface area contributed by atoms with Gasteiger partial charge in [-0.2, -0.15) is 13.2 Å². The number of hydrogen-bond donors (Lipinski definition) is 2. The van der Waals surface area contributed by atoms with Crippen molar-refractivity contribution in [3.05, 3.63) is 29.3 Å². The topological polar surface area (TPSA) is 72.3 Å². The largest absolute Gasteiger partial charge is 0.416 e. The quantitative estimate of drug-likeness (QED) is 0.895. The first-order valence-corrected chi connectivity index (χ1v) is 6.77. The van der Waals surface area contributed by atoms with Crippen molar-refractivity contribution in [1.29, 1.82) is 0 Å². The monoisotopic (exact) mass is 301 g/mol. The Labute approximate surface area is 120 Å². The number of halogens is 3. The van der Waals surface area contributed by atoms with E-state index in [1.165, 1.54) is 6.07 Å². The summed E-state index contributed by atoms with van der Waals surface area (Å²) >= 11 is 0. The van der Waals surface area contributed by atoms with Crippen LogP contribution in [0.2, 0.25) is 0 Å². The number of rotatable bonds is 3. The van der Waals surface area contributed by atoms with Gasteiger partial charge in [-0.1, -0.05) is 0 Å². The Morgan fingerprint density at radius 1 is 1.29 bits per heavy atom. The van der Waals surface area contributed by atoms with Gasteiger partial charge in [-0.3, -0.25) is 4.79 Å². The maximum atomic E-state index is 12.7. The average Bonchev–Trinajstić information content (AvgIpc) is 2.45. The van der Waals surface area contributed by atoms with Crippen LogP contribution in [0.15, 0.2) is 18.2 Å². The number of nitrogens with zero attached hydrogens (tertiary/aromatic N) is 1. The predicted molar refractivity (Wildman–Crippen MR) is 73.5 cm³/mol. The summed E-state index contributed by atoms with van der Waals surface area (Å²) in [6, 6.07) is 3.61. The molecular weight excluding hydrogens is 283 g/mol. The standard InChI is InChI=1S/C14H18F3N3O/c15-14(16,17)11-1-2-12(10(7-11)8-18)20-5-3-9(4-6-20)13(19)21/h1-2,7,9H,3-6,8,18H2,(H2,19,21). The van der Waals surface area contributed by atoms with E-state index in [0.717, 1.165) is 12.1 Å². The summed E-state index contributed by atoms with van der Waals surface area (Å²) in [4.78, 5) is 13.1. The van der Waals surface area contributed by atoms with Gasteiger partial charge in [0.2, 0.25) is 5.91 Å². The minimum Gasteiger partial charge on any atom is -0.371 e. The fraction of sp³-hybridized carbons (Fsp3) is 0.500. The molecule has 4 N–H and O–H groups in total. The number of nitrogens with two attached hydrogens (primary N) is 2. The van der Waals surface area contributed by atoms with Crippen molar-refractivity contribution in [3.63, 3.8) is 0 Å². The molecule has 1 aliphatic heterocycles. The molecule has 0 atom stereocenters. The van der Waals surface area contributed by atoms with E-state index >= 15 is 0 Å². The Bertz CT molecular complexity index is 523. The molecule has 1 aromatic carbocycles. The third-order valence-electron chi connectivity index (χ3n) is 3.86. The van der Waals surface area contributed by atoms with Crippen LogP contribution in [-0.2, 0) is 17.5 Å². The molecule has 1 saturated heterocycles. The summed E-state index contributed by atoms with van der Waals surface area (Å²) in [6.45, 7) is 1.22. The molecule has 0 aromatic heterocycles. The van der Waals surface area contributed by atoms with E-state index in [-0.39, 0.29) is 18.4 Å². The first-order valence-electron chi connectivity index (χ1n) is 6.77. The van der Waals surface area contributed by atoms with Crippen molar-refractivity contribution in [1.82, 2.24) is 0 Å². The molecule has 1 amide bonds. The number of alkyl halides is 3. The van der Waals surface area contributed by atoms with Gasteiger partial charge in [-0.05, 0) is 36.6 Å². The Hall–Kier alpha value is -1.76. The van der Waals surface area contributed by atoms with Crippen LogP contribution >= 0.6 is 0 Å². The molecule has 0 aliphatic carbocycles. The molecule has 0 unspecified atom stereocenters. The van der Waals surface area contributed by atoms with Crippen molar-refractivity contribution in [2.75, 3.05) is 18.0 Å². The average molecular weight is 301 g/mol. The zero-order valence-corrected chi connectivity index (χ0v) is 11.5. The van der Waals surface area contributed by atoms with E-state index in [2.05, 4.69) is 0 Å². The molecule has 1 heterocycles. The molecule has 116 valence electrons. The second-order valence-electron chi connectivity index (χ2n) is 5.21. The second kappa shape index (κ2) is 5.93. The summed E-state index contributed by atoms with van der Waals surface area (Å²) in [5.74, 6) is -0.474. The number of primary amides is 1. The number of benzene rings is 1. The van der Waals surface area contributed by atoms with Crippen molar-refractivity contribution in [3.8, 4) is 0 Å². The van der Waals surface area contributed by atoms with Crippen LogP contribution < -0.4 is 16.4 Å². The first kappa shape index (κ1) is 15.6. The minimum atomic E-state index is -4.37. The number of hydrogen-bond acceptors (Lipinski definition) is 3. The normalized spacial score (nSPS) is 17.0. The van der Waals surface area contributed by atoms with Crippen LogP contribution in [0.5, 0.6) is 0 Å². The van der Waals surface area contributed by atoms with Gasteiger partial charge in [0, 0.05) is 31.2 Å². The lowest BCUT2D eigenvalue weighted by atomic mass is 9.95. The summed E-state index contributed by atoms with van der Waals surface area (Å²) in [5.41, 5.74) is 11.3. The highest BCUT2D eigenvalue weighted by Gasteiger charge is 2.31. The zero-order valence-electron chi connectivity index (χ0n) is 11.5. The predicted octanol–water partition coefficient (Wildman–Crippen LogP) is 1.87. The van der Waals surface area contributed by atoms with Gasteiger partial charge in [-0.15, -0.1) is 0 Å². The summed E-state index contributed by atoms with van der Waals surface area (Å²) < 4.78 is 38.1. The molecule has 1 aromatic rings. The number of anilines is 1. The van der Waals surface area contributed by atoms with E-state index in [9.17, 15) is 18.0 Å². The van der Waals surface area contributed by atoms with Gasteiger partial charge in [0.15, 0.2) is 0 Å². The van der Waals surface area contributed by atoms with E-state index in [0.29, 0.717) is 37.2 Å². The lowest BCUT2D eigenvalue weighted by molar-refractivity contribution is -0.137. The number of carbonyl (C=O) groups excluding carboxylic acids is 1. The molecule has 21 heavy (non-hydrogen) atoms. The molecule has 0 radical (unpaired) electrons. The van der Waals surface area contributed by atoms with Gasteiger partial charge >= 0.3 is 6.18 Å². The number of piperidine rings is 1. The fourth-order valence-corrected chi connectivity index (χ4v) is 2.64. The van der Waals surface area contributed by atoms with Crippen molar-refractivity contribution < 1.29 is 18.0 Å². The molecular formula is C14H18F3N3O. The van der Waals surface area contributed by atoms with Crippen molar-refractivity contribution in [2.24, 2.45) is 17.4 Å². The minimum absolute atomic E-state index is 0.0367. The summed E-state index contributed by atoms with van der Waals surface area (Å²) in [6.07, 6.45) is -3.15. The van der Waals surface area contributed by atoms with Crippen LogP contribution in [0, 0.1) is 5.92 Å². The molecule has 0 bridgehead atoms. The van der Waals surface area contributed by atoms with Crippen LogP contribution in [0.3, 0.4) is 0 Å². The number of amides is 1. The Balaban J connectivity index is 2.19. The molecule has 0 spiro atoms. The Kier molecular flexibility index (Phi) is 4.41. The first-order chi connectivity index (χ1) is 9.82. The van der Waals surface area contributed by atoms with Gasteiger partial charge < -0.3 is 16.4 Å². The lowest BCUT2D eigenvalue weighted by Gasteiger charge is -2.33. The van der Waals surface area contributed by atoms with Crippen LogP contribution in [-0.4, -0.2) is 19.0 Å². The molecule has 4 nitrogen and oxygen atoms in total. The Morgan fingerprint density at radius 3 is 2.38 bits per heavy atom. The van der Waals surface area contributed by atoms with Gasteiger partial charge in [0.05, 0.1) is 5.56 Å². The maximum absolute atomic E-state index is 12.7. The van der Waals surface area contributed by atoms with Crippen LogP contribution in [0.1, 0.15) is 24.0 Å². The molecule has 1 fully saturated rings. The molecule has 2 rings (SSSR count). The van der Waals surface area contributed by atoms with E-state index in [1.54, 1.807) is 0 Å². The number of carbonyl (C=O) groups is 1. The van der Waals surface area contributed by atoms with Crippen LogP contribution in [0.25, 0.3) is 0 Å². The van der Waals surface area contributed by atoms with Crippen molar-refractivity contribution in [2.45, 2.75) is 25.6 Å². The van der Waals surface area contributed by atoms with E-state index in [4.69, 9.17) is 11.5 Å². The maximum Gasteiger partial charge on any atom is 0.416 e. The molecule has 1 aliphatic rings. The second-order valence-corrected chi connectivity index (χ2v) is 5.21. The Morgan fingerprint density at radius 2 is 1.90 bits per heavy atom. The molecule has 0 saturated carbocycles. The SMILES string of the molecule is NCc1cc(C(F)(F)F)ccc1N1CCC(C(N)=O)CC1. The van der Waals surface area contributed by atoms with E-state index < -0.39 is 11.7 Å². The zero-order chi connectivity index (χ0) is 15.6. The van der Waals surface area contributed by atoms with Gasteiger partial charge in [-0.25, -0.2) is 0 Å². The summed E-state index contributed by atoms with van der Waals surface area (Å²) in [7, 11) is 0. The van der Waals surface area contributed by atoms with Gasteiger partial charge in [0.1, 0.15) is 0 Å². The highest BCUT2D eigenvalue weighted by atomic mass is 19.4. The van der Waals surface area contributed by atoms with Crippen molar-refractivity contribution >= 4 is 11.6 Å².